The lowest BCUT2D eigenvalue weighted by Gasteiger charge is -2.18. The third kappa shape index (κ3) is 5.99. The number of ether oxygens (including phenoxy) is 1. The van der Waals surface area contributed by atoms with Crippen LogP contribution < -0.4 is 10.1 Å². The number of aromatic amines is 1. The molecule has 0 aliphatic heterocycles. The van der Waals surface area contributed by atoms with Gasteiger partial charge in [0.1, 0.15) is 18.2 Å². The molecular formula is C26H24F3N3O3. The molecule has 0 bridgehead atoms. The predicted molar refractivity (Wildman–Crippen MR) is 126 cm³/mol. The third-order valence-corrected chi connectivity index (χ3v) is 5.25. The van der Waals surface area contributed by atoms with Gasteiger partial charge in [0.2, 0.25) is 0 Å². The van der Waals surface area contributed by atoms with Crippen LogP contribution in [-0.4, -0.2) is 33.1 Å². The zero-order chi connectivity index (χ0) is 25.2. The first-order chi connectivity index (χ1) is 16.5. The number of amides is 1. The molecule has 0 saturated heterocycles. The molecule has 4 rings (SSSR count). The number of nitrogens with one attached hydrogen (secondary N) is 2. The average Bonchev–Trinajstić information content (AvgIpc) is 3.22. The monoisotopic (exact) mass is 483 g/mol. The highest BCUT2D eigenvalue weighted by molar-refractivity contribution is 6.01. The topological polar surface area (TPSA) is 87.2 Å². The Morgan fingerprint density at radius 3 is 2.46 bits per heavy atom. The summed E-state index contributed by atoms with van der Waals surface area (Å²) in [6.07, 6.45) is -4.40. The van der Waals surface area contributed by atoms with E-state index >= 15 is 0 Å². The van der Waals surface area contributed by atoms with Crippen molar-refractivity contribution in [2.75, 3.05) is 6.54 Å². The molecule has 0 aliphatic carbocycles. The Balaban J connectivity index is 1.51. The van der Waals surface area contributed by atoms with E-state index in [9.17, 15) is 23.1 Å². The van der Waals surface area contributed by atoms with Gasteiger partial charge in [0.05, 0.1) is 22.2 Å². The number of hydrogen-bond donors (Lipinski definition) is 3. The first kappa shape index (κ1) is 24.3. The Bertz CT molecular complexity index is 1340. The number of nitrogens with zero attached hydrogens (tertiary/aromatic N) is 1. The summed E-state index contributed by atoms with van der Waals surface area (Å²) in [4.78, 5) is 20.3. The lowest BCUT2D eigenvalue weighted by atomic mass is 9.98. The highest BCUT2D eigenvalue weighted by Gasteiger charge is 2.30. The first-order valence-corrected chi connectivity index (χ1v) is 10.9. The summed E-state index contributed by atoms with van der Waals surface area (Å²) in [5.41, 5.74) is 1.63. The number of alkyl halides is 3. The van der Waals surface area contributed by atoms with Crippen LogP contribution >= 0.6 is 0 Å². The average molecular weight is 483 g/mol. The highest BCUT2D eigenvalue weighted by Crippen LogP contribution is 2.31. The molecule has 3 N–H and O–H groups in total. The standard InChI is InChI=1S/C26H24F3N3O3/c1-25(2,34)15-30-24(33)20-6-4-3-5-19(20)16-7-12-21-22(13-16)32-23(31-21)14-35-18-10-8-17(9-11-18)26(27,28)29/h3-13,34H,14-15H2,1-2H3,(H,30,33)(H,31,32). The van der Waals surface area contributed by atoms with Gasteiger partial charge in [-0.3, -0.25) is 4.79 Å². The van der Waals surface area contributed by atoms with Crippen LogP contribution in [-0.2, 0) is 12.8 Å². The van der Waals surface area contributed by atoms with Crippen LogP contribution in [0.1, 0.15) is 35.6 Å². The van der Waals surface area contributed by atoms with E-state index < -0.39 is 17.3 Å². The second-order valence-electron chi connectivity index (χ2n) is 8.77. The van der Waals surface area contributed by atoms with Gasteiger partial charge in [-0.25, -0.2) is 4.98 Å². The third-order valence-electron chi connectivity index (χ3n) is 5.25. The highest BCUT2D eigenvalue weighted by atomic mass is 19.4. The van der Waals surface area contributed by atoms with E-state index in [0.29, 0.717) is 22.7 Å². The lowest BCUT2D eigenvalue weighted by molar-refractivity contribution is -0.137. The van der Waals surface area contributed by atoms with Crippen molar-refractivity contribution in [3.8, 4) is 16.9 Å². The van der Waals surface area contributed by atoms with Crippen molar-refractivity contribution in [1.82, 2.24) is 15.3 Å². The number of aromatic nitrogens is 2. The molecule has 0 spiro atoms. The van der Waals surface area contributed by atoms with Crippen LogP contribution in [0.3, 0.4) is 0 Å². The number of rotatable bonds is 7. The molecule has 6 nitrogen and oxygen atoms in total. The molecule has 0 atom stereocenters. The molecule has 1 aromatic heterocycles. The number of hydrogen-bond acceptors (Lipinski definition) is 4. The smallest absolute Gasteiger partial charge is 0.416 e. The number of benzene rings is 3. The number of aliphatic hydroxyl groups is 1. The lowest BCUT2D eigenvalue weighted by Crippen LogP contribution is -2.38. The molecule has 0 unspecified atom stereocenters. The maximum atomic E-state index is 12.7. The summed E-state index contributed by atoms with van der Waals surface area (Å²) in [5, 5.41) is 12.6. The summed E-state index contributed by atoms with van der Waals surface area (Å²) in [6, 6.07) is 17.2. The first-order valence-electron chi connectivity index (χ1n) is 10.9. The van der Waals surface area contributed by atoms with Crippen LogP contribution in [0.25, 0.3) is 22.2 Å². The molecule has 0 radical (unpaired) electrons. The van der Waals surface area contributed by atoms with Crippen LogP contribution in [0.4, 0.5) is 13.2 Å². The van der Waals surface area contributed by atoms with Crippen molar-refractivity contribution in [3.63, 3.8) is 0 Å². The minimum atomic E-state index is -4.40. The fourth-order valence-corrected chi connectivity index (χ4v) is 3.51. The van der Waals surface area contributed by atoms with E-state index in [-0.39, 0.29) is 19.1 Å². The summed E-state index contributed by atoms with van der Waals surface area (Å²) in [7, 11) is 0. The fourth-order valence-electron chi connectivity index (χ4n) is 3.51. The Morgan fingerprint density at radius 1 is 1.06 bits per heavy atom. The predicted octanol–water partition coefficient (Wildman–Crippen LogP) is 5.33. The maximum Gasteiger partial charge on any atom is 0.416 e. The van der Waals surface area contributed by atoms with Crippen molar-refractivity contribution < 1.29 is 27.8 Å². The molecule has 0 saturated carbocycles. The van der Waals surface area contributed by atoms with Gasteiger partial charge in [0.15, 0.2) is 0 Å². The number of halogens is 3. The number of H-pyrrole nitrogens is 1. The van der Waals surface area contributed by atoms with Gasteiger partial charge < -0.3 is 20.1 Å². The van der Waals surface area contributed by atoms with Crippen molar-refractivity contribution >= 4 is 16.9 Å². The quantitative estimate of drug-likeness (QED) is 0.332. The molecule has 0 aliphatic rings. The Hall–Kier alpha value is -3.85. The van der Waals surface area contributed by atoms with Gasteiger partial charge >= 0.3 is 6.18 Å². The van der Waals surface area contributed by atoms with E-state index in [1.54, 1.807) is 26.0 Å². The Morgan fingerprint density at radius 2 is 1.77 bits per heavy atom. The summed E-state index contributed by atoms with van der Waals surface area (Å²) in [5.74, 6) is 0.511. The van der Waals surface area contributed by atoms with Crippen molar-refractivity contribution in [1.29, 1.82) is 0 Å². The van der Waals surface area contributed by atoms with Gasteiger partial charge in [-0.1, -0.05) is 24.3 Å². The second kappa shape index (κ2) is 9.42. The summed E-state index contributed by atoms with van der Waals surface area (Å²) >= 11 is 0. The van der Waals surface area contributed by atoms with Crippen molar-refractivity contribution in [2.24, 2.45) is 0 Å². The maximum absolute atomic E-state index is 12.7. The molecule has 1 heterocycles. The second-order valence-corrected chi connectivity index (χ2v) is 8.77. The van der Waals surface area contributed by atoms with E-state index in [4.69, 9.17) is 4.74 Å². The zero-order valence-electron chi connectivity index (χ0n) is 19.1. The largest absolute Gasteiger partial charge is 0.486 e. The van der Waals surface area contributed by atoms with E-state index in [1.807, 2.05) is 30.3 Å². The van der Waals surface area contributed by atoms with E-state index in [1.165, 1.54) is 12.1 Å². The van der Waals surface area contributed by atoms with Crippen molar-refractivity contribution in [2.45, 2.75) is 32.2 Å². The molecule has 3 aromatic carbocycles. The fraction of sp³-hybridized carbons (Fsp3) is 0.231. The van der Waals surface area contributed by atoms with Gasteiger partial charge in [-0.15, -0.1) is 0 Å². The summed E-state index contributed by atoms with van der Waals surface area (Å²) < 4.78 is 43.7. The normalized spacial score (nSPS) is 12.1. The molecule has 9 heteroatoms. The number of carbonyl (C=O) groups is 1. The zero-order valence-corrected chi connectivity index (χ0v) is 19.1. The Labute approximate surface area is 199 Å². The van der Waals surface area contributed by atoms with E-state index in [0.717, 1.165) is 28.8 Å². The van der Waals surface area contributed by atoms with Crippen LogP contribution in [0, 0.1) is 0 Å². The van der Waals surface area contributed by atoms with E-state index in [2.05, 4.69) is 15.3 Å². The molecule has 1 amide bonds. The van der Waals surface area contributed by atoms with Gasteiger partial charge in [-0.2, -0.15) is 13.2 Å². The molecule has 35 heavy (non-hydrogen) atoms. The minimum Gasteiger partial charge on any atom is -0.486 e. The number of fused-ring (bicyclic) bond motifs is 1. The van der Waals surface area contributed by atoms with Crippen LogP contribution in [0.5, 0.6) is 5.75 Å². The van der Waals surface area contributed by atoms with Crippen LogP contribution in [0.2, 0.25) is 0 Å². The number of imidazole rings is 1. The molecular weight excluding hydrogens is 459 g/mol. The molecule has 4 aromatic rings. The molecule has 182 valence electrons. The number of carbonyl (C=O) groups excluding carboxylic acids is 1. The van der Waals surface area contributed by atoms with Crippen molar-refractivity contribution in [3.05, 3.63) is 83.7 Å². The summed E-state index contributed by atoms with van der Waals surface area (Å²) in [6.45, 7) is 3.39. The minimum absolute atomic E-state index is 0.0469. The van der Waals surface area contributed by atoms with Gasteiger partial charge in [0.25, 0.3) is 5.91 Å². The molecule has 0 fully saturated rings. The Kier molecular flexibility index (Phi) is 6.53. The van der Waals surface area contributed by atoms with Gasteiger partial charge in [-0.05, 0) is 67.4 Å². The van der Waals surface area contributed by atoms with Crippen LogP contribution in [0.15, 0.2) is 66.7 Å². The SMILES string of the molecule is CC(C)(O)CNC(=O)c1ccccc1-c1ccc2nc(COc3ccc(C(F)(F)F)cc3)[nH]c2c1. The van der Waals surface area contributed by atoms with Gasteiger partial charge in [0, 0.05) is 12.1 Å².